The van der Waals surface area contributed by atoms with Gasteiger partial charge in [0.15, 0.2) is 0 Å². The number of hydrogen-bond donors (Lipinski definition) is 2. The first-order valence-corrected chi connectivity index (χ1v) is 33.6. The highest BCUT2D eigenvalue weighted by Crippen LogP contribution is 2.43. The molecule has 10 heteroatoms. The van der Waals surface area contributed by atoms with E-state index in [4.69, 9.17) is 13.8 Å². The maximum atomic E-state index is 13.6. The number of ether oxygens (including phenoxy) is 1. The van der Waals surface area contributed by atoms with Crippen LogP contribution >= 0.6 is 7.82 Å². The summed E-state index contributed by atoms with van der Waals surface area (Å²) in [6.45, 7) is 6.89. The molecule has 0 radical (unpaired) electrons. The summed E-state index contributed by atoms with van der Waals surface area (Å²) in [5.41, 5.74) is 0. The standard InChI is InChI=1S/C66H123N2O7P/c1-7-10-13-16-19-22-25-27-29-30-31-32-33-34-35-36-37-38-39-40-43-46-49-52-55-58-65(69)67-63(62-74-76(71,72)73-61-60-68(4,5)6)64(57-54-51-48-45-42-24-21-18-15-12-9-3)75-66(70)59-56-53-50-47-44-41-28-26-23-20-17-14-11-8-2/h11,14,20,23,27-29,41,54,57,63-64H,7-10,12-13,15-19,21-22,24-26,30-40,42-53,55-56,58-62H2,1-6H3,(H-,67,69,71,72)/p+1/b14-11+,23-20+,29-27+,41-28+,57-54-. The van der Waals surface area contributed by atoms with Gasteiger partial charge in [-0.05, 0) is 89.5 Å². The van der Waals surface area contributed by atoms with Crippen LogP contribution in [0.25, 0.3) is 0 Å². The van der Waals surface area contributed by atoms with Crippen molar-refractivity contribution in [1.29, 1.82) is 0 Å². The molecule has 76 heavy (non-hydrogen) atoms. The average molecular weight is 1090 g/mol. The third kappa shape index (κ3) is 56.4. The molecule has 0 bridgehead atoms. The van der Waals surface area contributed by atoms with Gasteiger partial charge in [0, 0.05) is 12.8 Å². The third-order valence-electron chi connectivity index (χ3n) is 14.2. The molecule has 0 saturated carbocycles. The van der Waals surface area contributed by atoms with Crippen molar-refractivity contribution in [1.82, 2.24) is 5.32 Å². The summed E-state index contributed by atoms with van der Waals surface area (Å²) in [5, 5.41) is 3.05. The highest BCUT2D eigenvalue weighted by Gasteiger charge is 2.30. The van der Waals surface area contributed by atoms with Crippen LogP contribution in [0.4, 0.5) is 0 Å². The molecule has 0 fully saturated rings. The fraction of sp³-hybridized carbons (Fsp3) is 0.818. The Morgan fingerprint density at radius 1 is 0.474 bits per heavy atom. The minimum atomic E-state index is -4.45. The highest BCUT2D eigenvalue weighted by atomic mass is 31.2. The lowest BCUT2D eigenvalue weighted by molar-refractivity contribution is -0.870. The van der Waals surface area contributed by atoms with Crippen molar-refractivity contribution in [3.05, 3.63) is 60.8 Å². The molecule has 0 aromatic carbocycles. The van der Waals surface area contributed by atoms with Crippen LogP contribution in [0, 0.1) is 0 Å². The number of likely N-dealkylation sites (N-methyl/N-ethyl adjacent to an activating group) is 1. The van der Waals surface area contributed by atoms with Gasteiger partial charge in [-0.15, -0.1) is 0 Å². The van der Waals surface area contributed by atoms with Crippen LogP contribution in [-0.4, -0.2) is 74.3 Å². The van der Waals surface area contributed by atoms with E-state index in [0.717, 1.165) is 83.5 Å². The van der Waals surface area contributed by atoms with Crippen molar-refractivity contribution in [3.63, 3.8) is 0 Å². The molecule has 2 N–H and O–H groups in total. The molecule has 3 atom stereocenters. The summed E-state index contributed by atoms with van der Waals surface area (Å²) in [7, 11) is 1.49. The van der Waals surface area contributed by atoms with E-state index in [1.54, 1.807) is 0 Å². The van der Waals surface area contributed by atoms with Gasteiger partial charge in [0.25, 0.3) is 0 Å². The van der Waals surface area contributed by atoms with Gasteiger partial charge in [0.1, 0.15) is 19.3 Å². The van der Waals surface area contributed by atoms with E-state index in [1.807, 2.05) is 33.3 Å². The van der Waals surface area contributed by atoms with Gasteiger partial charge in [-0.2, -0.15) is 0 Å². The van der Waals surface area contributed by atoms with E-state index in [1.165, 1.54) is 173 Å². The van der Waals surface area contributed by atoms with Crippen molar-refractivity contribution >= 4 is 19.7 Å². The quantitative estimate of drug-likeness (QED) is 0.0205. The number of carbonyl (C=O) groups excluding carboxylic acids is 2. The summed E-state index contributed by atoms with van der Waals surface area (Å²) in [5.74, 6) is -0.525. The van der Waals surface area contributed by atoms with Crippen LogP contribution in [0.3, 0.4) is 0 Å². The van der Waals surface area contributed by atoms with Gasteiger partial charge in [-0.1, -0.05) is 255 Å². The summed E-state index contributed by atoms with van der Waals surface area (Å²) >= 11 is 0. The van der Waals surface area contributed by atoms with Crippen molar-refractivity contribution in [2.45, 2.75) is 309 Å². The molecule has 0 saturated heterocycles. The second kappa shape index (κ2) is 56.0. The lowest BCUT2D eigenvalue weighted by atomic mass is 10.0. The van der Waals surface area contributed by atoms with E-state index in [2.05, 4.69) is 74.7 Å². The Morgan fingerprint density at radius 2 is 0.842 bits per heavy atom. The van der Waals surface area contributed by atoms with Crippen LogP contribution in [0.2, 0.25) is 0 Å². The molecule has 9 nitrogen and oxygen atoms in total. The molecule has 3 unspecified atom stereocenters. The van der Waals surface area contributed by atoms with Gasteiger partial charge in [-0.25, -0.2) is 4.57 Å². The number of amides is 1. The third-order valence-corrected chi connectivity index (χ3v) is 15.2. The van der Waals surface area contributed by atoms with Crippen molar-refractivity contribution in [3.8, 4) is 0 Å². The molecule has 0 aliphatic rings. The number of rotatable bonds is 58. The Hall–Kier alpha value is -2.29. The van der Waals surface area contributed by atoms with Crippen LogP contribution in [-0.2, 0) is 27.9 Å². The molecule has 0 rings (SSSR count). The van der Waals surface area contributed by atoms with E-state index in [0.29, 0.717) is 23.9 Å². The number of hydrogen-bond acceptors (Lipinski definition) is 6. The van der Waals surface area contributed by atoms with Crippen molar-refractivity contribution in [2.24, 2.45) is 0 Å². The smallest absolute Gasteiger partial charge is 0.456 e. The normalized spacial score (nSPS) is 14.0. The highest BCUT2D eigenvalue weighted by molar-refractivity contribution is 7.47. The van der Waals surface area contributed by atoms with E-state index in [-0.39, 0.29) is 31.5 Å². The van der Waals surface area contributed by atoms with Gasteiger partial charge in [0.05, 0.1) is 33.8 Å². The van der Waals surface area contributed by atoms with Gasteiger partial charge < -0.3 is 19.4 Å². The maximum absolute atomic E-state index is 13.6. The number of phosphoric acid groups is 1. The van der Waals surface area contributed by atoms with Gasteiger partial charge in [-0.3, -0.25) is 18.6 Å². The molecule has 0 aromatic rings. The zero-order valence-electron chi connectivity index (χ0n) is 50.7. The zero-order chi connectivity index (χ0) is 55.7. The summed E-state index contributed by atoms with van der Waals surface area (Å²) in [6, 6.07) is -0.857. The predicted octanol–water partition coefficient (Wildman–Crippen LogP) is 19.8. The first-order chi connectivity index (χ1) is 36.9. The van der Waals surface area contributed by atoms with Crippen LogP contribution in [0.15, 0.2) is 60.8 Å². The molecule has 1 amide bonds. The number of quaternary nitrogens is 1. The number of nitrogens with zero attached hydrogens (tertiary/aromatic N) is 1. The molecule has 0 heterocycles. The number of allylic oxidation sites excluding steroid dienone is 9. The van der Waals surface area contributed by atoms with Crippen molar-refractivity contribution in [2.75, 3.05) is 40.9 Å². The van der Waals surface area contributed by atoms with Gasteiger partial charge >= 0.3 is 13.8 Å². The fourth-order valence-electron chi connectivity index (χ4n) is 9.24. The molecular weight excluding hydrogens is 964 g/mol. The molecular formula is C66H124N2O7P+. The number of carbonyl (C=O) groups is 2. The Kier molecular flexibility index (Phi) is 54.3. The molecule has 0 spiro atoms. The number of esters is 1. The SMILES string of the molecule is CC/C=C/C/C=C/C/C=C/CCCCCCC(=O)OC(/C=C\CCCCCCCCCCC)C(COP(=O)(O)OCC[N+](C)(C)C)NC(=O)CCCCCCCCCCCCCCCCC/C=C/CCCCCCCC. The lowest BCUT2D eigenvalue weighted by Gasteiger charge is -2.27. The van der Waals surface area contributed by atoms with Crippen LogP contribution < -0.4 is 5.32 Å². The summed E-state index contributed by atoms with van der Waals surface area (Å²) < 4.78 is 30.7. The topological polar surface area (TPSA) is 111 Å². The minimum Gasteiger partial charge on any atom is -0.456 e. The first-order valence-electron chi connectivity index (χ1n) is 32.1. The second-order valence-corrected chi connectivity index (χ2v) is 24.4. The lowest BCUT2D eigenvalue weighted by Crippen LogP contribution is -2.47. The van der Waals surface area contributed by atoms with Crippen LogP contribution in [0.5, 0.6) is 0 Å². The van der Waals surface area contributed by atoms with Gasteiger partial charge in [0.2, 0.25) is 5.91 Å². The van der Waals surface area contributed by atoms with E-state index >= 15 is 0 Å². The largest absolute Gasteiger partial charge is 0.472 e. The Labute approximate surface area is 471 Å². The average Bonchev–Trinajstić information content (AvgIpc) is 3.38. The molecule has 0 aliphatic heterocycles. The summed E-state index contributed by atoms with van der Waals surface area (Å²) in [6.07, 6.45) is 70.9. The van der Waals surface area contributed by atoms with E-state index in [9.17, 15) is 19.0 Å². The minimum absolute atomic E-state index is 0.0361. The monoisotopic (exact) mass is 1090 g/mol. The molecule has 0 aliphatic carbocycles. The maximum Gasteiger partial charge on any atom is 0.472 e. The summed E-state index contributed by atoms with van der Waals surface area (Å²) in [4.78, 5) is 37.7. The predicted molar refractivity (Wildman–Crippen MR) is 328 cm³/mol. The molecule has 444 valence electrons. The first kappa shape index (κ1) is 73.7. The zero-order valence-corrected chi connectivity index (χ0v) is 51.6. The fourth-order valence-corrected chi connectivity index (χ4v) is 9.98. The Balaban J connectivity index is 5.06. The number of unbranched alkanes of at least 4 members (excludes halogenated alkanes) is 34. The van der Waals surface area contributed by atoms with E-state index < -0.39 is 20.0 Å². The second-order valence-electron chi connectivity index (χ2n) is 22.9. The number of phosphoric ester groups is 1. The van der Waals surface area contributed by atoms with Crippen molar-refractivity contribution < 1.29 is 37.3 Å². The molecule has 0 aromatic heterocycles. The Morgan fingerprint density at radius 3 is 1.28 bits per heavy atom. The Bertz CT molecular complexity index is 1490. The number of nitrogens with one attached hydrogen (secondary N) is 1. The van der Waals surface area contributed by atoms with Crippen LogP contribution in [0.1, 0.15) is 297 Å².